The Morgan fingerprint density at radius 2 is 1.94 bits per heavy atom. The van der Waals surface area contributed by atoms with Gasteiger partial charge < -0.3 is 20.3 Å². The Bertz CT molecular complexity index is 1250. The molecule has 31 heavy (non-hydrogen) atoms. The molecule has 4 heterocycles. The summed E-state index contributed by atoms with van der Waals surface area (Å²) in [5.74, 6) is 2.15. The fourth-order valence-corrected chi connectivity index (χ4v) is 3.88. The molecule has 1 aromatic carbocycles. The summed E-state index contributed by atoms with van der Waals surface area (Å²) in [5.41, 5.74) is 7.27. The fraction of sp³-hybridized carbons (Fsp3) is 0.286. The first kappa shape index (κ1) is 19.0. The van der Waals surface area contributed by atoms with E-state index in [1.54, 1.807) is 13.3 Å². The molecule has 4 aromatic rings. The first-order valence-electron chi connectivity index (χ1n) is 10.1. The van der Waals surface area contributed by atoms with Gasteiger partial charge in [0.15, 0.2) is 11.5 Å². The van der Waals surface area contributed by atoms with Crippen molar-refractivity contribution in [2.24, 2.45) is 0 Å². The average Bonchev–Trinajstić information content (AvgIpc) is 3.24. The molecule has 0 bridgehead atoms. The van der Waals surface area contributed by atoms with Crippen molar-refractivity contribution in [3.8, 4) is 5.75 Å². The van der Waals surface area contributed by atoms with Crippen LogP contribution in [0.3, 0.4) is 0 Å². The predicted octanol–water partition coefficient (Wildman–Crippen LogP) is 1.15. The van der Waals surface area contributed by atoms with Gasteiger partial charge in [-0.2, -0.15) is 4.52 Å². The van der Waals surface area contributed by atoms with Gasteiger partial charge in [-0.15, -0.1) is 5.10 Å². The zero-order valence-corrected chi connectivity index (χ0v) is 17.1. The highest BCUT2D eigenvalue weighted by atomic mass is 16.5. The molecule has 1 saturated heterocycles. The second kappa shape index (κ2) is 7.71. The van der Waals surface area contributed by atoms with E-state index in [0.29, 0.717) is 35.8 Å². The van der Waals surface area contributed by atoms with Gasteiger partial charge in [0.25, 0.3) is 0 Å². The first-order valence-corrected chi connectivity index (χ1v) is 10.1. The number of carbonyl (C=O) groups excluding carboxylic acids is 1. The van der Waals surface area contributed by atoms with E-state index in [1.165, 1.54) is 4.52 Å². The van der Waals surface area contributed by atoms with Crippen molar-refractivity contribution in [1.82, 2.24) is 29.5 Å². The number of nitrogens with zero attached hydrogens (tertiary/aromatic N) is 7. The summed E-state index contributed by atoms with van der Waals surface area (Å²) in [7, 11) is 1.58. The largest absolute Gasteiger partial charge is 0.494 e. The van der Waals surface area contributed by atoms with E-state index in [4.69, 9.17) is 10.5 Å². The van der Waals surface area contributed by atoms with E-state index >= 15 is 0 Å². The lowest BCUT2D eigenvalue weighted by Crippen LogP contribution is -2.49. The fourth-order valence-electron chi connectivity index (χ4n) is 3.88. The van der Waals surface area contributed by atoms with Gasteiger partial charge in [-0.1, -0.05) is 12.1 Å². The number of methoxy groups -OCH3 is 1. The number of aromatic nitrogens is 5. The van der Waals surface area contributed by atoms with Crippen LogP contribution in [0.4, 0.5) is 11.8 Å². The highest BCUT2D eigenvalue weighted by molar-refractivity contribution is 5.96. The first-order chi connectivity index (χ1) is 15.1. The highest BCUT2D eigenvalue weighted by Gasteiger charge is 2.23. The van der Waals surface area contributed by atoms with Gasteiger partial charge in [0.05, 0.1) is 13.5 Å². The van der Waals surface area contributed by atoms with Gasteiger partial charge in [0, 0.05) is 37.8 Å². The third-order valence-electron chi connectivity index (χ3n) is 5.47. The highest BCUT2D eigenvalue weighted by Crippen LogP contribution is 2.27. The average molecular weight is 418 g/mol. The molecule has 0 aliphatic carbocycles. The van der Waals surface area contributed by atoms with Crippen LogP contribution in [0.15, 0.2) is 42.6 Å². The number of rotatable bonds is 4. The maximum Gasteiger partial charge on any atom is 0.230 e. The molecular weight excluding hydrogens is 396 g/mol. The molecular formula is C21H22N8O2. The summed E-state index contributed by atoms with van der Waals surface area (Å²) in [6.07, 6.45) is 1.89. The van der Waals surface area contributed by atoms with E-state index in [1.807, 2.05) is 41.3 Å². The van der Waals surface area contributed by atoms with Crippen molar-refractivity contribution >= 4 is 34.2 Å². The van der Waals surface area contributed by atoms with Crippen LogP contribution in [0.1, 0.15) is 5.82 Å². The molecule has 0 atom stereocenters. The van der Waals surface area contributed by atoms with Crippen molar-refractivity contribution in [3.63, 3.8) is 0 Å². The molecule has 0 saturated carbocycles. The van der Waals surface area contributed by atoms with Crippen LogP contribution in [0, 0.1) is 0 Å². The van der Waals surface area contributed by atoms with Gasteiger partial charge >= 0.3 is 0 Å². The van der Waals surface area contributed by atoms with E-state index in [9.17, 15) is 4.79 Å². The number of nitrogens with two attached hydrogens (primary N) is 1. The standard InChI is InChI=1S/C21H22N8O2/c1-31-15-6-4-5-14-19(15)25-21(22)29-20(14)24-16(26-29)13-18(30)28-11-9-27(10-12-28)17-7-2-3-8-23-17/h2-8H,9-13H2,1H3,(H2,22,25). The van der Waals surface area contributed by atoms with Gasteiger partial charge in [-0.3, -0.25) is 4.79 Å². The molecule has 1 amide bonds. The summed E-state index contributed by atoms with van der Waals surface area (Å²) in [5, 5.41) is 5.19. The minimum absolute atomic E-state index is 0.00927. The number of fused-ring (bicyclic) bond motifs is 3. The molecule has 10 heteroatoms. The van der Waals surface area contributed by atoms with E-state index in [0.717, 1.165) is 24.3 Å². The predicted molar refractivity (Wildman–Crippen MR) is 116 cm³/mol. The molecule has 2 N–H and O–H groups in total. The molecule has 3 aromatic heterocycles. The van der Waals surface area contributed by atoms with E-state index in [-0.39, 0.29) is 18.3 Å². The number of para-hydroxylation sites is 1. The van der Waals surface area contributed by atoms with Crippen molar-refractivity contribution in [3.05, 3.63) is 48.4 Å². The van der Waals surface area contributed by atoms with Crippen LogP contribution in [0.2, 0.25) is 0 Å². The topological polar surface area (TPSA) is 115 Å². The zero-order valence-electron chi connectivity index (χ0n) is 17.1. The van der Waals surface area contributed by atoms with Crippen molar-refractivity contribution in [2.45, 2.75) is 6.42 Å². The Balaban J connectivity index is 1.34. The Morgan fingerprint density at radius 1 is 1.10 bits per heavy atom. The number of pyridine rings is 1. The van der Waals surface area contributed by atoms with Crippen LogP contribution in [0.25, 0.3) is 16.6 Å². The number of hydrogen-bond donors (Lipinski definition) is 1. The number of benzene rings is 1. The Morgan fingerprint density at radius 3 is 2.68 bits per heavy atom. The van der Waals surface area contributed by atoms with Crippen LogP contribution >= 0.6 is 0 Å². The Kier molecular flexibility index (Phi) is 4.73. The normalized spacial score (nSPS) is 14.4. The number of nitrogen functional groups attached to an aromatic ring is 1. The lowest BCUT2D eigenvalue weighted by atomic mass is 10.2. The van der Waals surface area contributed by atoms with Crippen molar-refractivity contribution in [2.75, 3.05) is 43.9 Å². The number of ether oxygens (including phenoxy) is 1. The maximum atomic E-state index is 12.9. The summed E-state index contributed by atoms with van der Waals surface area (Å²) >= 11 is 0. The van der Waals surface area contributed by atoms with Crippen LogP contribution in [0.5, 0.6) is 5.75 Å². The van der Waals surface area contributed by atoms with E-state index in [2.05, 4.69) is 25.0 Å². The SMILES string of the molecule is COc1cccc2c1nc(N)n1nc(CC(=O)N3CCN(c4ccccn4)CC3)nc21. The second-order valence-corrected chi connectivity index (χ2v) is 7.32. The summed E-state index contributed by atoms with van der Waals surface area (Å²) < 4.78 is 6.85. The molecule has 158 valence electrons. The van der Waals surface area contributed by atoms with Crippen LogP contribution in [-0.4, -0.2) is 68.7 Å². The molecule has 0 spiro atoms. The second-order valence-electron chi connectivity index (χ2n) is 7.32. The van der Waals surface area contributed by atoms with Crippen molar-refractivity contribution < 1.29 is 9.53 Å². The number of carbonyl (C=O) groups is 1. The quantitative estimate of drug-likeness (QED) is 0.525. The molecule has 5 rings (SSSR count). The molecule has 1 fully saturated rings. The van der Waals surface area contributed by atoms with E-state index < -0.39 is 0 Å². The lowest BCUT2D eigenvalue weighted by Gasteiger charge is -2.35. The number of anilines is 2. The smallest absolute Gasteiger partial charge is 0.230 e. The lowest BCUT2D eigenvalue weighted by molar-refractivity contribution is -0.130. The number of amides is 1. The third-order valence-corrected chi connectivity index (χ3v) is 5.47. The molecule has 0 radical (unpaired) electrons. The van der Waals surface area contributed by atoms with Crippen LogP contribution in [-0.2, 0) is 11.2 Å². The Hall–Kier alpha value is -3.95. The van der Waals surface area contributed by atoms with Gasteiger partial charge in [-0.05, 0) is 24.3 Å². The molecule has 1 aliphatic rings. The Labute approximate surface area is 178 Å². The maximum absolute atomic E-state index is 12.9. The zero-order chi connectivity index (χ0) is 21.4. The van der Waals surface area contributed by atoms with Crippen molar-refractivity contribution in [1.29, 1.82) is 0 Å². The third kappa shape index (κ3) is 3.45. The summed E-state index contributed by atoms with van der Waals surface area (Å²) in [4.78, 5) is 30.3. The minimum Gasteiger partial charge on any atom is -0.494 e. The monoisotopic (exact) mass is 418 g/mol. The molecule has 0 unspecified atom stereocenters. The minimum atomic E-state index is -0.00927. The number of hydrogen-bond acceptors (Lipinski definition) is 8. The van der Waals surface area contributed by atoms with Gasteiger partial charge in [-0.25, -0.2) is 15.0 Å². The molecule has 10 nitrogen and oxygen atoms in total. The van der Waals surface area contributed by atoms with Gasteiger partial charge in [0.2, 0.25) is 11.9 Å². The summed E-state index contributed by atoms with van der Waals surface area (Å²) in [6, 6.07) is 11.4. The number of piperazine rings is 1. The summed E-state index contributed by atoms with van der Waals surface area (Å²) in [6.45, 7) is 2.74. The van der Waals surface area contributed by atoms with Crippen LogP contribution < -0.4 is 15.4 Å². The molecule has 1 aliphatic heterocycles. The van der Waals surface area contributed by atoms with Gasteiger partial charge in [0.1, 0.15) is 17.1 Å².